The lowest BCUT2D eigenvalue weighted by molar-refractivity contribution is -0.132. The van der Waals surface area contributed by atoms with Crippen molar-refractivity contribution in [2.24, 2.45) is 0 Å². The summed E-state index contributed by atoms with van der Waals surface area (Å²) in [6.07, 6.45) is 5.04. The second-order valence-corrected chi connectivity index (χ2v) is 4.45. The molecule has 1 fully saturated rings. The highest BCUT2D eigenvalue weighted by molar-refractivity contribution is 5.86. The second kappa shape index (κ2) is 7.45. The summed E-state index contributed by atoms with van der Waals surface area (Å²) in [7, 11) is 0. The highest BCUT2D eigenvalue weighted by Crippen LogP contribution is 2.25. The molecule has 0 bridgehead atoms. The summed E-state index contributed by atoms with van der Waals surface area (Å²) >= 11 is 0. The van der Waals surface area contributed by atoms with E-state index in [4.69, 9.17) is 5.11 Å². The molecule has 1 aliphatic carbocycles. The SMILES string of the molecule is CC/C(=C/CNCCN(CC)C1CC1)C(=O)O. The molecule has 1 aliphatic rings. The van der Waals surface area contributed by atoms with Crippen LogP contribution in [0.1, 0.15) is 33.1 Å². The van der Waals surface area contributed by atoms with Gasteiger partial charge in [-0.3, -0.25) is 4.90 Å². The van der Waals surface area contributed by atoms with E-state index in [2.05, 4.69) is 17.1 Å². The van der Waals surface area contributed by atoms with Crippen molar-refractivity contribution < 1.29 is 9.90 Å². The van der Waals surface area contributed by atoms with E-state index >= 15 is 0 Å². The van der Waals surface area contributed by atoms with E-state index in [0.717, 1.165) is 25.7 Å². The predicted octanol–water partition coefficient (Wildman–Crippen LogP) is 1.48. The molecule has 0 radical (unpaired) electrons. The van der Waals surface area contributed by atoms with Crippen LogP contribution >= 0.6 is 0 Å². The zero-order valence-electron chi connectivity index (χ0n) is 10.9. The van der Waals surface area contributed by atoms with Crippen molar-refractivity contribution in [3.8, 4) is 0 Å². The van der Waals surface area contributed by atoms with Gasteiger partial charge in [0.25, 0.3) is 0 Å². The maximum Gasteiger partial charge on any atom is 0.331 e. The number of aliphatic carboxylic acids is 1. The fourth-order valence-corrected chi connectivity index (χ4v) is 1.94. The minimum atomic E-state index is -0.803. The van der Waals surface area contributed by atoms with Crippen LogP contribution in [-0.2, 0) is 4.79 Å². The van der Waals surface area contributed by atoms with Crippen LogP contribution in [0, 0.1) is 0 Å². The van der Waals surface area contributed by atoms with Crippen molar-refractivity contribution in [3.05, 3.63) is 11.6 Å². The average molecular weight is 240 g/mol. The highest BCUT2D eigenvalue weighted by Gasteiger charge is 2.26. The van der Waals surface area contributed by atoms with E-state index in [-0.39, 0.29) is 0 Å². The fourth-order valence-electron chi connectivity index (χ4n) is 1.94. The highest BCUT2D eigenvalue weighted by atomic mass is 16.4. The first kappa shape index (κ1) is 14.2. The fraction of sp³-hybridized carbons (Fsp3) is 0.769. The molecule has 0 aromatic rings. The smallest absolute Gasteiger partial charge is 0.331 e. The zero-order valence-corrected chi connectivity index (χ0v) is 10.9. The minimum absolute atomic E-state index is 0.493. The largest absolute Gasteiger partial charge is 0.478 e. The Labute approximate surface area is 104 Å². The molecule has 98 valence electrons. The van der Waals surface area contributed by atoms with Crippen LogP contribution in [0.25, 0.3) is 0 Å². The molecule has 1 saturated carbocycles. The number of hydrogen-bond acceptors (Lipinski definition) is 3. The number of carbonyl (C=O) groups is 1. The molecule has 4 heteroatoms. The first-order chi connectivity index (χ1) is 8.19. The van der Waals surface area contributed by atoms with E-state index in [1.807, 2.05) is 6.92 Å². The number of nitrogens with one attached hydrogen (secondary N) is 1. The van der Waals surface area contributed by atoms with Crippen LogP contribution in [-0.4, -0.2) is 48.2 Å². The number of carboxylic acid groups (broad SMARTS) is 1. The average Bonchev–Trinajstić information content (AvgIpc) is 3.12. The Morgan fingerprint density at radius 2 is 2.18 bits per heavy atom. The van der Waals surface area contributed by atoms with Crippen molar-refractivity contribution in [2.45, 2.75) is 39.2 Å². The third-order valence-corrected chi connectivity index (χ3v) is 3.19. The number of nitrogens with zero attached hydrogens (tertiary/aromatic N) is 1. The Kier molecular flexibility index (Phi) is 6.22. The Morgan fingerprint density at radius 1 is 1.47 bits per heavy atom. The Morgan fingerprint density at radius 3 is 2.65 bits per heavy atom. The van der Waals surface area contributed by atoms with Crippen LogP contribution in [0.3, 0.4) is 0 Å². The van der Waals surface area contributed by atoms with Gasteiger partial charge in [-0.1, -0.05) is 19.9 Å². The van der Waals surface area contributed by atoms with E-state index in [1.54, 1.807) is 6.08 Å². The summed E-state index contributed by atoms with van der Waals surface area (Å²) in [5.41, 5.74) is 0.493. The van der Waals surface area contributed by atoms with Gasteiger partial charge < -0.3 is 10.4 Å². The molecule has 0 aliphatic heterocycles. The van der Waals surface area contributed by atoms with Crippen LogP contribution in [0.15, 0.2) is 11.6 Å². The molecule has 2 N–H and O–H groups in total. The Bertz CT molecular complexity index is 273. The molecular formula is C13H24N2O2. The molecule has 0 amide bonds. The van der Waals surface area contributed by atoms with E-state index < -0.39 is 5.97 Å². The molecular weight excluding hydrogens is 216 g/mol. The van der Waals surface area contributed by atoms with Crippen LogP contribution < -0.4 is 5.32 Å². The maximum absolute atomic E-state index is 10.7. The van der Waals surface area contributed by atoms with Gasteiger partial charge in [0.15, 0.2) is 0 Å². The van der Waals surface area contributed by atoms with Gasteiger partial charge in [-0.25, -0.2) is 4.79 Å². The van der Waals surface area contributed by atoms with Crippen molar-refractivity contribution in [2.75, 3.05) is 26.2 Å². The molecule has 0 saturated heterocycles. The Balaban J connectivity index is 2.12. The van der Waals surface area contributed by atoms with Crippen molar-refractivity contribution in [1.29, 1.82) is 0 Å². The van der Waals surface area contributed by atoms with Crippen molar-refractivity contribution in [3.63, 3.8) is 0 Å². The number of rotatable bonds is 9. The topological polar surface area (TPSA) is 52.6 Å². The molecule has 0 aromatic carbocycles. The molecule has 0 spiro atoms. The molecule has 17 heavy (non-hydrogen) atoms. The van der Waals surface area contributed by atoms with Gasteiger partial charge in [0.05, 0.1) is 0 Å². The lowest BCUT2D eigenvalue weighted by Crippen LogP contribution is -2.33. The maximum atomic E-state index is 10.7. The van der Waals surface area contributed by atoms with Gasteiger partial charge in [-0.05, 0) is 25.8 Å². The third-order valence-electron chi connectivity index (χ3n) is 3.19. The zero-order chi connectivity index (χ0) is 12.7. The van der Waals surface area contributed by atoms with Gasteiger partial charge in [-0.2, -0.15) is 0 Å². The lowest BCUT2D eigenvalue weighted by atomic mass is 10.2. The van der Waals surface area contributed by atoms with Crippen LogP contribution in [0.5, 0.6) is 0 Å². The van der Waals surface area contributed by atoms with Gasteiger partial charge in [-0.15, -0.1) is 0 Å². The van der Waals surface area contributed by atoms with Crippen molar-refractivity contribution >= 4 is 5.97 Å². The first-order valence-corrected chi connectivity index (χ1v) is 6.56. The van der Waals surface area contributed by atoms with E-state index in [9.17, 15) is 4.79 Å². The summed E-state index contributed by atoms with van der Waals surface area (Å²) in [5.74, 6) is -0.803. The van der Waals surface area contributed by atoms with Crippen LogP contribution in [0.4, 0.5) is 0 Å². The summed E-state index contributed by atoms with van der Waals surface area (Å²) in [4.78, 5) is 13.2. The van der Waals surface area contributed by atoms with Gasteiger partial charge in [0, 0.05) is 31.2 Å². The third kappa shape index (κ3) is 5.33. The van der Waals surface area contributed by atoms with Crippen molar-refractivity contribution in [1.82, 2.24) is 10.2 Å². The molecule has 0 unspecified atom stereocenters. The van der Waals surface area contributed by atoms with Crippen LogP contribution in [0.2, 0.25) is 0 Å². The van der Waals surface area contributed by atoms with E-state index in [1.165, 1.54) is 12.8 Å². The molecule has 1 rings (SSSR count). The standard InChI is InChI=1S/C13H24N2O2/c1-3-11(13(16)17)7-8-14-9-10-15(4-2)12-5-6-12/h7,12,14H,3-6,8-10H2,1-2H3,(H,16,17)/b11-7-. The second-order valence-electron chi connectivity index (χ2n) is 4.45. The van der Waals surface area contributed by atoms with Gasteiger partial charge in [0.1, 0.15) is 0 Å². The summed E-state index contributed by atoms with van der Waals surface area (Å²) in [5, 5.41) is 12.1. The predicted molar refractivity (Wildman–Crippen MR) is 69.1 cm³/mol. The molecule has 0 atom stereocenters. The minimum Gasteiger partial charge on any atom is -0.478 e. The normalized spacial score (nSPS) is 16.5. The summed E-state index contributed by atoms with van der Waals surface area (Å²) in [6, 6.07) is 0.808. The molecule has 0 heterocycles. The summed E-state index contributed by atoms with van der Waals surface area (Å²) < 4.78 is 0. The van der Waals surface area contributed by atoms with Gasteiger partial charge in [0.2, 0.25) is 0 Å². The quantitative estimate of drug-likeness (QED) is 0.473. The molecule has 0 aromatic heterocycles. The number of carboxylic acids is 1. The molecule has 4 nitrogen and oxygen atoms in total. The van der Waals surface area contributed by atoms with E-state index in [0.29, 0.717) is 18.5 Å². The summed E-state index contributed by atoms with van der Waals surface area (Å²) in [6.45, 7) is 7.81. The van der Waals surface area contributed by atoms with Gasteiger partial charge >= 0.3 is 5.97 Å². The lowest BCUT2D eigenvalue weighted by Gasteiger charge is -2.19. The number of hydrogen-bond donors (Lipinski definition) is 2. The first-order valence-electron chi connectivity index (χ1n) is 6.56. The Hall–Kier alpha value is -0.870. The number of likely N-dealkylation sites (N-methyl/N-ethyl adjacent to an activating group) is 1. The monoisotopic (exact) mass is 240 g/mol.